The molecule has 0 bridgehead atoms. The first-order chi connectivity index (χ1) is 9.34. The van der Waals surface area contributed by atoms with Crippen molar-refractivity contribution < 1.29 is 23.1 Å². The largest absolute Gasteiger partial charge is 0.481 e. The Morgan fingerprint density at radius 1 is 1.30 bits per heavy atom. The van der Waals surface area contributed by atoms with Crippen molar-refractivity contribution in [2.75, 3.05) is 13.1 Å². The van der Waals surface area contributed by atoms with Crippen LogP contribution in [0.1, 0.15) is 24.0 Å². The van der Waals surface area contributed by atoms with Gasteiger partial charge in [0, 0.05) is 19.5 Å². The molecule has 1 unspecified atom stereocenters. The number of halogens is 3. The van der Waals surface area contributed by atoms with Crippen LogP contribution in [0.5, 0.6) is 0 Å². The Hall–Kier alpha value is -1.56. The van der Waals surface area contributed by atoms with Crippen molar-refractivity contribution in [2.45, 2.75) is 25.6 Å². The van der Waals surface area contributed by atoms with Crippen LogP contribution in [0.2, 0.25) is 0 Å². The summed E-state index contributed by atoms with van der Waals surface area (Å²) in [4.78, 5) is 12.7. The van der Waals surface area contributed by atoms with Crippen LogP contribution in [0.3, 0.4) is 0 Å². The summed E-state index contributed by atoms with van der Waals surface area (Å²) >= 11 is 0. The Balaban J connectivity index is 1.90. The minimum Gasteiger partial charge on any atom is -0.481 e. The topological polar surface area (TPSA) is 40.5 Å². The van der Waals surface area contributed by atoms with Crippen LogP contribution in [-0.2, 0) is 17.5 Å². The van der Waals surface area contributed by atoms with Gasteiger partial charge in [-0.3, -0.25) is 9.69 Å². The van der Waals surface area contributed by atoms with Crippen LogP contribution in [-0.4, -0.2) is 29.1 Å². The second-order valence-corrected chi connectivity index (χ2v) is 5.18. The first kappa shape index (κ1) is 14.8. The third kappa shape index (κ3) is 3.96. The molecular weight excluding hydrogens is 271 g/mol. The lowest BCUT2D eigenvalue weighted by Gasteiger charge is -2.16. The zero-order valence-electron chi connectivity index (χ0n) is 10.9. The van der Waals surface area contributed by atoms with Crippen LogP contribution in [0.25, 0.3) is 0 Å². The Morgan fingerprint density at radius 3 is 2.50 bits per heavy atom. The van der Waals surface area contributed by atoms with Gasteiger partial charge in [-0.25, -0.2) is 0 Å². The number of aliphatic carboxylic acids is 1. The highest BCUT2D eigenvalue weighted by atomic mass is 19.4. The smallest absolute Gasteiger partial charge is 0.416 e. The van der Waals surface area contributed by atoms with Crippen molar-refractivity contribution in [3.8, 4) is 0 Å². The Labute approximate surface area is 115 Å². The summed E-state index contributed by atoms with van der Waals surface area (Å²) in [5.41, 5.74) is 0.167. The predicted molar refractivity (Wildman–Crippen MR) is 67.1 cm³/mol. The molecule has 2 rings (SSSR count). The second-order valence-electron chi connectivity index (χ2n) is 5.18. The van der Waals surface area contributed by atoms with Crippen molar-refractivity contribution in [3.05, 3.63) is 35.4 Å². The van der Waals surface area contributed by atoms with Gasteiger partial charge in [0.25, 0.3) is 0 Å². The average Bonchev–Trinajstić information content (AvgIpc) is 2.75. The molecule has 1 fully saturated rings. The number of rotatable bonds is 4. The molecule has 1 aromatic carbocycles. The fourth-order valence-corrected chi connectivity index (χ4v) is 2.53. The number of likely N-dealkylation sites (tertiary alicyclic amines) is 1. The number of hydrogen-bond acceptors (Lipinski definition) is 2. The van der Waals surface area contributed by atoms with Gasteiger partial charge in [-0.05, 0) is 36.6 Å². The van der Waals surface area contributed by atoms with E-state index >= 15 is 0 Å². The van der Waals surface area contributed by atoms with Crippen molar-refractivity contribution in [2.24, 2.45) is 5.92 Å². The molecule has 1 saturated heterocycles. The maximum absolute atomic E-state index is 12.4. The van der Waals surface area contributed by atoms with Gasteiger partial charge in [-0.15, -0.1) is 0 Å². The Morgan fingerprint density at radius 2 is 1.95 bits per heavy atom. The van der Waals surface area contributed by atoms with Gasteiger partial charge in [0.05, 0.1) is 5.56 Å². The number of hydrogen-bond donors (Lipinski definition) is 1. The normalized spacial score (nSPS) is 20.2. The molecule has 6 heteroatoms. The van der Waals surface area contributed by atoms with E-state index in [-0.39, 0.29) is 12.3 Å². The molecule has 0 aromatic heterocycles. The lowest BCUT2D eigenvalue weighted by atomic mass is 10.1. The van der Waals surface area contributed by atoms with E-state index in [1.807, 2.05) is 0 Å². The van der Waals surface area contributed by atoms with Gasteiger partial charge < -0.3 is 5.11 Å². The van der Waals surface area contributed by atoms with Crippen molar-refractivity contribution in [1.82, 2.24) is 4.90 Å². The highest BCUT2D eigenvalue weighted by molar-refractivity contribution is 5.67. The fourth-order valence-electron chi connectivity index (χ4n) is 2.53. The zero-order chi connectivity index (χ0) is 14.8. The molecule has 1 aliphatic rings. The van der Waals surface area contributed by atoms with Gasteiger partial charge in [-0.1, -0.05) is 12.1 Å². The number of carbonyl (C=O) groups is 1. The molecule has 0 amide bonds. The van der Waals surface area contributed by atoms with E-state index in [0.717, 1.165) is 30.7 Å². The zero-order valence-corrected chi connectivity index (χ0v) is 10.9. The van der Waals surface area contributed by atoms with E-state index < -0.39 is 17.7 Å². The maximum Gasteiger partial charge on any atom is 0.416 e. The number of alkyl halides is 3. The van der Waals surface area contributed by atoms with Crippen LogP contribution < -0.4 is 0 Å². The molecule has 0 aliphatic carbocycles. The number of carboxylic acid groups (broad SMARTS) is 1. The van der Waals surface area contributed by atoms with E-state index in [1.54, 1.807) is 0 Å². The summed E-state index contributed by atoms with van der Waals surface area (Å²) in [5, 5.41) is 8.73. The van der Waals surface area contributed by atoms with Crippen molar-refractivity contribution in [3.63, 3.8) is 0 Å². The lowest BCUT2D eigenvalue weighted by molar-refractivity contribution is -0.138. The summed E-state index contributed by atoms with van der Waals surface area (Å²) in [6, 6.07) is 5.13. The van der Waals surface area contributed by atoms with E-state index in [9.17, 15) is 18.0 Å². The van der Waals surface area contributed by atoms with E-state index in [0.29, 0.717) is 13.1 Å². The molecule has 110 valence electrons. The Kier molecular flexibility index (Phi) is 4.32. The summed E-state index contributed by atoms with van der Waals surface area (Å²) in [5.74, 6) is -0.659. The summed E-state index contributed by atoms with van der Waals surface area (Å²) < 4.78 is 37.3. The van der Waals surface area contributed by atoms with Crippen LogP contribution in [0.4, 0.5) is 13.2 Å². The van der Waals surface area contributed by atoms with Crippen molar-refractivity contribution >= 4 is 5.97 Å². The van der Waals surface area contributed by atoms with E-state index in [1.165, 1.54) is 12.1 Å². The monoisotopic (exact) mass is 287 g/mol. The van der Waals surface area contributed by atoms with Crippen molar-refractivity contribution in [1.29, 1.82) is 0 Å². The third-order valence-corrected chi connectivity index (χ3v) is 3.52. The molecule has 1 atom stereocenters. The van der Waals surface area contributed by atoms with E-state index in [2.05, 4.69) is 4.90 Å². The number of benzene rings is 1. The molecule has 1 heterocycles. The molecular formula is C14H16F3NO2. The SMILES string of the molecule is O=C(O)CC1CCN(Cc2ccc(C(F)(F)F)cc2)C1. The van der Waals surface area contributed by atoms with Crippen LogP contribution >= 0.6 is 0 Å². The third-order valence-electron chi connectivity index (χ3n) is 3.52. The highest BCUT2D eigenvalue weighted by Gasteiger charge is 2.30. The van der Waals surface area contributed by atoms with Gasteiger partial charge >= 0.3 is 12.1 Å². The molecule has 20 heavy (non-hydrogen) atoms. The molecule has 1 N–H and O–H groups in total. The quantitative estimate of drug-likeness (QED) is 0.925. The standard InChI is InChI=1S/C14H16F3NO2/c15-14(16,17)12-3-1-10(2-4-12)8-18-6-5-11(9-18)7-13(19)20/h1-4,11H,5-9H2,(H,19,20). The lowest BCUT2D eigenvalue weighted by Crippen LogP contribution is -2.21. The molecule has 1 aromatic rings. The maximum atomic E-state index is 12.4. The minimum absolute atomic E-state index is 0.141. The molecule has 0 spiro atoms. The average molecular weight is 287 g/mol. The first-order valence-corrected chi connectivity index (χ1v) is 6.45. The first-order valence-electron chi connectivity index (χ1n) is 6.45. The van der Waals surface area contributed by atoms with Gasteiger partial charge in [0.1, 0.15) is 0 Å². The summed E-state index contributed by atoms with van der Waals surface area (Å²) in [6.45, 7) is 2.04. The molecule has 3 nitrogen and oxygen atoms in total. The summed E-state index contributed by atoms with van der Waals surface area (Å²) in [6.07, 6.45) is -3.32. The van der Waals surface area contributed by atoms with Gasteiger partial charge in [0.2, 0.25) is 0 Å². The van der Waals surface area contributed by atoms with Gasteiger partial charge in [-0.2, -0.15) is 13.2 Å². The minimum atomic E-state index is -4.31. The fraction of sp³-hybridized carbons (Fsp3) is 0.500. The number of nitrogens with zero attached hydrogens (tertiary/aromatic N) is 1. The second kappa shape index (κ2) is 5.83. The van der Waals surface area contributed by atoms with Crippen LogP contribution in [0, 0.1) is 5.92 Å². The van der Waals surface area contributed by atoms with Crippen LogP contribution in [0.15, 0.2) is 24.3 Å². The Bertz CT molecular complexity index is 470. The molecule has 0 radical (unpaired) electrons. The molecule has 1 aliphatic heterocycles. The van der Waals surface area contributed by atoms with E-state index in [4.69, 9.17) is 5.11 Å². The van der Waals surface area contributed by atoms with Gasteiger partial charge in [0.15, 0.2) is 0 Å². The number of carboxylic acids is 1. The summed E-state index contributed by atoms with van der Waals surface area (Å²) in [7, 11) is 0. The predicted octanol–water partition coefficient (Wildman–Crippen LogP) is 3.00. The molecule has 0 saturated carbocycles. The highest BCUT2D eigenvalue weighted by Crippen LogP contribution is 2.29.